The molecule has 1 N–H and O–H groups in total. The van der Waals surface area contributed by atoms with Gasteiger partial charge in [0, 0.05) is 25.2 Å². The molecule has 1 aliphatic rings. The Balaban J connectivity index is 1.39. The molecular weight excluding hydrogens is 372 g/mol. The Bertz CT molecular complexity index is 951. The van der Waals surface area contributed by atoms with Crippen molar-refractivity contribution in [2.24, 2.45) is 0 Å². The summed E-state index contributed by atoms with van der Waals surface area (Å²) in [5.74, 6) is 0.968. The number of hydrogen-bond acceptors (Lipinski definition) is 4. The van der Waals surface area contributed by atoms with Crippen molar-refractivity contribution in [2.45, 2.75) is 26.5 Å². The molecule has 0 radical (unpaired) electrons. The zero-order valence-electron chi connectivity index (χ0n) is 17.9. The second kappa shape index (κ2) is 10.6. The number of fused-ring (bicyclic) bond motifs is 1. The van der Waals surface area contributed by atoms with E-state index in [1.54, 1.807) is 0 Å². The number of nitrogens with zero attached hydrogens (tertiary/aromatic N) is 1. The zero-order valence-corrected chi connectivity index (χ0v) is 17.9. The molecule has 158 valence electrons. The van der Waals surface area contributed by atoms with Gasteiger partial charge in [0.05, 0.1) is 13.2 Å². The van der Waals surface area contributed by atoms with Crippen molar-refractivity contribution < 1.29 is 9.47 Å². The molecule has 1 saturated heterocycles. The molecule has 3 aromatic carbocycles. The lowest BCUT2D eigenvalue weighted by Gasteiger charge is -2.26. The number of benzene rings is 3. The first-order valence-corrected chi connectivity index (χ1v) is 11.0. The van der Waals surface area contributed by atoms with E-state index in [9.17, 15) is 0 Å². The third-order valence-electron chi connectivity index (χ3n) is 5.71. The van der Waals surface area contributed by atoms with Crippen LogP contribution in [0.25, 0.3) is 10.8 Å². The number of aryl methyl sites for hydroxylation is 1. The van der Waals surface area contributed by atoms with E-state index in [2.05, 4.69) is 77.8 Å². The Morgan fingerprint density at radius 1 is 1.00 bits per heavy atom. The van der Waals surface area contributed by atoms with E-state index in [1.165, 1.54) is 27.5 Å². The molecule has 0 aromatic heterocycles. The molecule has 0 saturated carbocycles. The van der Waals surface area contributed by atoms with Gasteiger partial charge in [0.2, 0.25) is 0 Å². The first-order valence-electron chi connectivity index (χ1n) is 11.0. The SMILES string of the molecule is Cc1cccc(COc2ccc3ccccc3c2CNCCCN2CCOCC2)c1. The summed E-state index contributed by atoms with van der Waals surface area (Å²) in [6.45, 7) is 9.49. The number of rotatable bonds is 9. The van der Waals surface area contributed by atoms with Crippen LogP contribution < -0.4 is 10.1 Å². The molecule has 0 atom stereocenters. The minimum Gasteiger partial charge on any atom is -0.489 e. The molecule has 0 spiro atoms. The van der Waals surface area contributed by atoms with Crippen LogP contribution >= 0.6 is 0 Å². The van der Waals surface area contributed by atoms with Crippen molar-refractivity contribution in [1.82, 2.24) is 10.2 Å². The van der Waals surface area contributed by atoms with Crippen molar-refractivity contribution in [1.29, 1.82) is 0 Å². The van der Waals surface area contributed by atoms with Crippen molar-refractivity contribution >= 4 is 10.8 Å². The van der Waals surface area contributed by atoms with Gasteiger partial charge in [0.15, 0.2) is 0 Å². The van der Waals surface area contributed by atoms with Gasteiger partial charge in [-0.25, -0.2) is 0 Å². The fourth-order valence-electron chi connectivity index (χ4n) is 4.06. The monoisotopic (exact) mass is 404 g/mol. The van der Waals surface area contributed by atoms with E-state index in [1.807, 2.05) is 0 Å². The minimum atomic E-state index is 0.587. The third-order valence-corrected chi connectivity index (χ3v) is 5.71. The highest BCUT2D eigenvalue weighted by molar-refractivity contribution is 5.87. The molecule has 4 nitrogen and oxygen atoms in total. The summed E-state index contributed by atoms with van der Waals surface area (Å²) in [6, 6.07) is 21.3. The van der Waals surface area contributed by atoms with Crippen LogP contribution in [0.3, 0.4) is 0 Å². The summed E-state index contributed by atoms with van der Waals surface area (Å²) in [5.41, 5.74) is 3.71. The molecule has 0 amide bonds. The quantitative estimate of drug-likeness (QED) is 0.531. The maximum Gasteiger partial charge on any atom is 0.124 e. The summed E-state index contributed by atoms with van der Waals surface area (Å²) < 4.78 is 11.7. The van der Waals surface area contributed by atoms with Crippen LogP contribution in [0, 0.1) is 6.92 Å². The first-order chi connectivity index (χ1) is 14.8. The van der Waals surface area contributed by atoms with Gasteiger partial charge in [0.25, 0.3) is 0 Å². The molecule has 3 aromatic rings. The Morgan fingerprint density at radius 3 is 2.73 bits per heavy atom. The van der Waals surface area contributed by atoms with Gasteiger partial charge < -0.3 is 14.8 Å². The summed E-state index contributed by atoms with van der Waals surface area (Å²) in [7, 11) is 0. The Labute approximate surface area is 179 Å². The van der Waals surface area contributed by atoms with Crippen molar-refractivity contribution in [2.75, 3.05) is 39.4 Å². The molecule has 0 bridgehead atoms. The molecule has 1 fully saturated rings. The molecule has 1 heterocycles. The van der Waals surface area contributed by atoms with Gasteiger partial charge in [-0.05, 0) is 48.8 Å². The Kier molecular flexibility index (Phi) is 7.35. The van der Waals surface area contributed by atoms with Gasteiger partial charge in [-0.1, -0.05) is 60.2 Å². The maximum absolute atomic E-state index is 6.28. The zero-order chi connectivity index (χ0) is 20.6. The molecule has 4 rings (SSSR count). The van der Waals surface area contributed by atoms with Crippen LogP contribution in [0.2, 0.25) is 0 Å². The van der Waals surface area contributed by atoms with E-state index < -0.39 is 0 Å². The van der Waals surface area contributed by atoms with Crippen LogP contribution in [0.5, 0.6) is 5.75 Å². The maximum atomic E-state index is 6.28. The average molecular weight is 405 g/mol. The minimum absolute atomic E-state index is 0.587. The molecular formula is C26H32N2O2. The topological polar surface area (TPSA) is 33.7 Å². The Hall–Kier alpha value is -2.40. The highest BCUT2D eigenvalue weighted by Gasteiger charge is 2.11. The smallest absolute Gasteiger partial charge is 0.124 e. The van der Waals surface area contributed by atoms with Crippen LogP contribution in [-0.2, 0) is 17.9 Å². The number of nitrogens with one attached hydrogen (secondary N) is 1. The van der Waals surface area contributed by atoms with E-state index in [0.717, 1.165) is 58.1 Å². The van der Waals surface area contributed by atoms with Crippen LogP contribution in [0.1, 0.15) is 23.1 Å². The van der Waals surface area contributed by atoms with Crippen LogP contribution in [0.4, 0.5) is 0 Å². The van der Waals surface area contributed by atoms with E-state index in [4.69, 9.17) is 9.47 Å². The van der Waals surface area contributed by atoms with Gasteiger partial charge in [0.1, 0.15) is 12.4 Å². The first kappa shape index (κ1) is 20.9. The molecule has 30 heavy (non-hydrogen) atoms. The molecule has 0 unspecified atom stereocenters. The summed E-state index contributed by atoms with van der Waals surface area (Å²) >= 11 is 0. The van der Waals surface area contributed by atoms with E-state index in [0.29, 0.717) is 6.61 Å². The molecule has 0 aliphatic carbocycles. The second-order valence-corrected chi connectivity index (χ2v) is 8.03. The largest absolute Gasteiger partial charge is 0.489 e. The lowest BCUT2D eigenvalue weighted by atomic mass is 10.0. The van der Waals surface area contributed by atoms with Gasteiger partial charge in [-0.15, -0.1) is 0 Å². The van der Waals surface area contributed by atoms with Crippen molar-refractivity contribution in [3.05, 3.63) is 77.4 Å². The van der Waals surface area contributed by atoms with Crippen molar-refractivity contribution in [3.63, 3.8) is 0 Å². The summed E-state index contributed by atoms with van der Waals surface area (Å²) in [4.78, 5) is 2.49. The number of morpholine rings is 1. The van der Waals surface area contributed by atoms with E-state index >= 15 is 0 Å². The van der Waals surface area contributed by atoms with Crippen LogP contribution in [-0.4, -0.2) is 44.3 Å². The third kappa shape index (κ3) is 5.60. The summed E-state index contributed by atoms with van der Waals surface area (Å²) in [5, 5.41) is 6.16. The summed E-state index contributed by atoms with van der Waals surface area (Å²) in [6.07, 6.45) is 1.14. The predicted octanol–water partition coefficient (Wildman–Crippen LogP) is 4.54. The molecule has 4 heteroatoms. The van der Waals surface area contributed by atoms with Gasteiger partial charge in [-0.2, -0.15) is 0 Å². The fraction of sp³-hybridized carbons (Fsp3) is 0.385. The highest BCUT2D eigenvalue weighted by atomic mass is 16.5. The fourth-order valence-corrected chi connectivity index (χ4v) is 4.06. The Morgan fingerprint density at radius 2 is 1.87 bits per heavy atom. The van der Waals surface area contributed by atoms with Crippen molar-refractivity contribution in [3.8, 4) is 5.75 Å². The lowest BCUT2D eigenvalue weighted by molar-refractivity contribution is 0.0374. The standard InChI is InChI=1S/C26H32N2O2/c1-21-6-4-7-22(18-21)20-30-26-11-10-23-8-2-3-9-24(23)25(26)19-27-12-5-13-28-14-16-29-17-15-28/h2-4,6-11,18,27H,5,12-17,19-20H2,1H3. The van der Waals surface area contributed by atoms with Gasteiger partial charge >= 0.3 is 0 Å². The number of hydrogen-bond donors (Lipinski definition) is 1. The predicted molar refractivity (Wildman–Crippen MR) is 123 cm³/mol. The highest BCUT2D eigenvalue weighted by Crippen LogP contribution is 2.29. The van der Waals surface area contributed by atoms with Crippen LogP contribution in [0.15, 0.2) is 60.7 Å². The van der Waals surface area contributed by atoms with E-state index in [-0.39, 0.29) is 0 Å². The number of ether oxygens (including phenoxy) is 2. The van der Waals surface area contributed by atoms with Gasteiger partial charge in [-0.3, -0.25) is 4.90 Å². The average Bonchev–Trinajstić information content (AvgIpc) is 2.78. The second-order valence-electron chi connectivity index (χ2n) is 8.03. The molecule has 1 aliphatic heterocycles. The normalized spacial score (nSPS) is 14.8. The lowest BCUT2D eigenvalue weighted by Crippen LogP contribution is -2.37.